The molecule has 0 aromatic carbocycles. The van der Waals surface area contributed by atoms with Crippen LogP contribution in [0.25, 0.3) is 0 Å². The summed E-state index contributed by atoms with van der Waals surface area (Å²) in [5.74, 6) is 0. The summed E-state index contributed by atoms with van der Waals surface area (Å²) in [6.07, 6.45) is 26.7. The molecule has 0 unspecified atom stereocenters. The molecule has 0 aliphatic rings. The van der Waals surface area contributed by atoms with E-state index in [4.69, 9.17) is 0 Å². The van der Waals surface area contributed by atoms with Gasteiger partial charge in [-0.1, -0.05) is 136 Å². The van der Waals surface area contributed by atoms with Gasteiger partial charge in [-0.3, -0.25) is 0 Å². The van der Waals surface area contributed by atoms with E-state index in [1.165, 1.54) is 96.3 Å². The summed E-state index contributed by atoms with van der Waals surface area (Å²) in [7, 11) is 0. The van der Waals surface area contributed by atoms with Crippen LogP contribution in [-0.4, -0.2) is 13.1 Å². The smallest absolute Gasteiger partial charge is 0.194 e. The quantitative estimate of drug-likeness (QED) is 0.130. The standard InChI is InChI=1S/3C8H17.C2H5.Al.Li/c3*1-3-5-7-8-6-4-2;1-2;;/h3*1,3-8H2,2H3;1H2,2H3;;/q;;;;-1;+1. The van der Waals surface area contributed by atoms with Gasteiger partial charge in [0.2, 0.25) is 0 Å². The molecule has 0 aromatic heterocycles. The van der Waals surface area contributed by atoms with E-state index in [1.54, 1.807) is 40.4 Å². The van der Waals surface area contributed by atoms with Gasteiger partial charge < -0.3 is 0 Å². The zero-order chi connectivity index (χ0) is 20.1. The molecule has 0 radical (unpaired) electrons. The Kier molecular flexibility index (Phi) is 27.3. The van der Waals surface area contributed by atoms with Crippen LogP contribution in [-0.2, 0) is 0 Å². The minimum absolute atomic E-state index is 0. The van der Waals surface area contributed by atoms with Crippen LogP contribution in [0.2, 0.25) is 21.1 Å². The van der Waals surface area contributed by atoms with Gasteiger partial charge in [0.1, 0.15) is 13.1 Å². The van der Waals surface area contributed by atoms with Gasteiger partial charge in [-0.2, -0.15) is 21.1 Å². The molecular weight excluding hydrogens is 346 g/mol. The maximum absolute atomic E-state index is 2.57. The van der Waals surface area contributed by atoms with E-state index in [0.717, 1.165) is 0 Å². The molecule has 0 amide bonds. The van der Waals surface area contributed by atoms with Crippen molar-refractivity contribution in [2.24, 2.45) is 0 Å². The van der Waals surface area contributed by atoms with E-state index in [9.17, 15) is 0 Å². The molecule has 0 aliphatic heterocycles. The first-order valence-corrected chi connectivity index (χ1v) is 16.7. The zero-order valence-electron chi connectivity index (χ0n) is 21.1. The van der Waals surface area contributed by atoms with Crippen molar-refractivity contribution in [3.8, 4) is 0 Å². The molecule has 0 rings (SSSR count). The van der Waals surface area contributed by atoms with Gasteiger partial charge in [-0.25, -0.2) is 0 Å². The Balaban J connectivity index is 0. The average molecular weight is 403 g/mol. The summed E-state index contributed by atoms with van der Waals surface area (Å²) in [5.41, 5.74) is 0. The molecule has 0 nitrogen and oxygen atoms in total. The van der Waals surface area contributed by atoms with E-state index in [1.807, 2.05) is 0 Å². The molecule has 0 bridgehead atoms. The molecule has 0 spiro atoms. The summed E-state index contributed by atoms with van der Waals surface area (Å²) in [6.45, 7) is 9.56. The molecule has 0 aromatic rings. The van der Waals surface area contributed by atoms with Gasteiger partial charge in [-0.15, -0.1) is 6.92 Å². The summed E-state index contributed by atoms with van der Waals surface area (Å²) < 4.78 is 0. The normalized spacial score (nSPS) is 11.6. The predicted molar refractivity (Wildman–Crippen MR) is 131 cm³/mol. The van der Waals surface area contributed by atoms with E-state index < -0.39 is 13.1 Å². The topological polar surface area (TPSA) is 0 Å². The van der Waals surface area contributed by atoms with Crippen LogP contribution >= 0.6 is 0 Å². The van der Waals surface area contributed by atoms with Gasteiger partial charge in [0, 0.05) is 0 Å². The van der Waals surface area contributed by atoms with Gasteiger partial charge in [-0.05, 0) is 0 Å². The van der Waals surface area contributed by atoms with Crippen LogP contribution in [0, 0.1) is 0 Å². The van der Waals surface area contributed by atoms with Gasteiger partial charge in [0.05, 0.1) is 0 Å². The molecule has 0 N–H and O–H groups in total. The van der Waals surface area contributed by atoms with Crippen LogP contribution in [0.5, 0.6) is 0 Å². The Labute approximate surface area is 195 Å². The van der Waals surface area contributed by atoms with Crippen molar-refractivity contribution >= 4 is 13.1 Å². The van der Waals surface area contributed by atoms with Crippen molar-refractivity contribution in [2.75, 3.05) is 0 Å². The average Bonchev–Trinajstić information content (AvgIpc) is 2.69. The van der Waals surface area contributed by atoms with Gasteiger partial charge in [0.25, 0.3) is 0 Å². The zero-order valence-corrected chi connectivity index (χ0v) is 22.3. The molecule has 164 valence electrons. The van der Waals surface area contributed by atoms with Crippen molar-refractivity contribution in [3.63, 3.8) is 0 Å². The maximum Gasteiger partial charge on any atom is 1.00 e. The van der Waals surface area contributed by atoms with Gasteiger partial charge in [0.15, 0.2) is 0 Å². The van der Waals surface area contributed by atoms with Crippen LogP contribution in [0.15, 0.2) is 0 Å². The summed E-state index contributed by atoms with van der Waals surface area (Å²) in [5, 5.41) is 6.63. The third-order valence-electron chi connectivity index (χ3n) is 7.38. The van der Waals surface area contributed by atoms with E-state index in [2.05, 4.69) is 27.7 Å². The molecule has 0 heterocycles. The number of rotatable bonds is 22. The van der Waals surface area contributed by atoms with Crippen molar-refractivity contribution in [2.45, 2.75) is 164 Å². The second-order valence-corrected chi connectivity index (χ2v) is 15.8. The minimum atomic E-state index is -1.31. The van der Waals surface area contributed by atoms with Crippen molar-refractivity contribution in [1.82, 2.24) is 0 Å². The van der Waals surface area contributed by atoms with Crippen LogP contribution in [0.4, 0.5) is 0 Å². The Morgan fingerprint density at radius 2 is 0.607 bits per heavy atom. The van der Waals surface area contributed by atoms with Gasteiger partial charge >= 0.3 is 18.9 Å². The van der Waals surface area contributed by atoms with E-state index in [0.29, 0.717) is 0 Å². The molecule has 0 saturated carbocycles. The summed E-state index contributed by atoms with van der Waals surface area (Å²) in [4.78, 5) is 0. The Morgan fingerprint density at radius 1 is 0.357 bits per heavy atom. The fourth-order valence-electron chi connectivity index (χ4n) is 5.12. The first kappa shape index (κ1) is 31.3. The van der Waals surface area contributed by atoms with Crippen LogP contribution in [0.1, 0.15) is 143 Å². The van der Waals surface area contributed by atoms with E-state index >= 15 is 0 Å². The molecule has 0 saturated heterocycles. The Hall–Kier alpha value is 1.13. The van der Waals surface area contributed by atoms with Crippen molar-refractivity contribution in [3.05, 3.63) is 0 Å². The van der Waals surface area contributed by atoms with Crippen LogP contribution < -0.4 is 18.9 Å². The van der Waals surface area contributed by atoms with Crippen molar-refractivity contribution in [1.29, 1.82) is 0 Å². The molecule has 2 heteroatoms. The SMILES string of the molecule is CCCCCCC[CH2][Al-]([CH2]C)([CH2]CCCCCCC)[CH2]CCCCCCC.[Li+]. The third kappa shape index (κ3) is 19.1. The summed E-state index contributed by atoms with van der Waals surface area (Å²) in [6, 6.07) is 0. The second kappa shape index (κ2) is 24.4. The Morgan fingerprint density at radius 3 is 0.857 bits per heavy atom. The fourth-order valence-corrected chi connectivity index (χ4v) is 10.7. The van der Waals surface area contributed by atoms with Crippen LogP contribution in [0.3, 0.4) is 0 Å². The number of unbranched alkanes of at least 4 members (excludes halogenated alkanes) is 15. The number of hydrogen-bond acceptors (Lipinski definition) is 0. The fraction of sp³-hybridized carbons (Fsp3) is 1.00. The second-order valence-electron chi connectivity index (χ2n) is 9.81. The minimum Gasteiger partial charge on any atom is -0.194 e. The predicted octanol–water partition coefficient (Wildman–Crippen LogP) is 7.54. The molecule has 28 heavy (non-hydrogen) atoms. The monoisotopic (exact) mass is 402 g/mol. The molecule has 0 fully saturated rings. The first-order chi connectivity index (χ1) is 13.2. The number of hydrogen-bond donors (Lipinski definition) is 0. The molecule has 0 atom stereocenters. The Bertz CT molecular complexity index is 239. The largest absolute Gasteiger partial charge is 1.00 e. The first-order valence-electron chi connectivity index (χ1n) is 13.5. The summed E-state index contributed by atoms with van der Waals surface area (Å²) >= 11 is -1.31. The molecular formula is C26H56AlLi. The van der Waals surface area contributed by atoms with Crippen molar-refractivity contribution < 1.29 is 18.9 Å². The maximum atomic E-state index is 2.57. The third-order valence-corrected chi connectivity index (χ3v) is 14.0. The van der Waals surface area contributed by atoms with E-state index in [-0.39, 0.29) is 18.9 Å². The molecule has 0 aliphatic carbocycles.